The number of hydrazine groups is 1. The number of nitrogens with one attached hydrogen (secondary N) is 2. The molecule has 3 aliphatic carbocycles. The standard InChI is InChI=1S/C32H55N3O2/c1-32-15-12-29-26(21-32)22(14-18-37-29)7-4-5-17-36-28-11-3-2-10-25(28)23-8-6-9-24(19-23)27-20-31-33-16-13-30(32)35(31)34-27/h22-31,33-34H,2-21H2,1H3. The lowest BCUT2D eigenvalue weighted by atomic mass is 9.60. The number of hydrogen-bond donors (Lipinski definition) is 2. The van der Waals surface area contributed by atoms with Crippen molar-refractivity contribution in [1.29, 1.82) is 0 Å². The highest BCUT2D eigenvalue weighted by Gasteiger charge is 2.52. The Kier molecular flexibility index (Phi) is 7.65. The van der Waals surface area contributed by atoms with Gasteiger partial charge in [0.1, 0.15) is 0 Å². The topological polar surface area (TPSA) is 45.8 Å². The van der Waals surface area contributed by atoms with Crippen molar-refractivity contribution in [3.8, 4) is 0 Å². The van der Waals surface area contributed by atoms with Crippen LogP contribution in [0.5, 0.6) is 0 Å². The highest BCUT2D eigenvalue weighted by atomic mass is 16.5. The van der Waals surface area contributed by atoms with Crippen molar-refractivity contribution in [1.82, 2.24) is 15.8 Å². The fraction of sp³-hybridized carbons (Fsp3) is 1.00. The molecule has 0 aromatic rings. The summed E-state index contributed by atoms with van der Waals surface area (Å²) < 4.78 is 13.2. The fourth-order valence-electron chi connectivity index (χ4n) is 10.7. The molecule has 4 saturated heterocycles. The fourth-order valence-corrected chi connectivity index (χ4v) is 10.7. The molecular weight excluding hydrogens is 458 g/mol. The van der Waals surface area contributed by atoms with Gasteiger partial charge in [0.05, 0.1) is 18.4 Å². The van der Waals surface area contributed by atoms with Gasteiger partial charge in [-0.1, -0.05) is 39.0 Å². The number of ether oxygens (including phenoxy) is 2. The molecule has 0 radical (unpaired) electrons. The van der Waals surface area contributed by atoms with E-state index in [0.29, 0.717) is 35.9 Å². The third kappa shape index (κ3) is 5.07. The van der Waals surface area contributed by atoms with Crippen LogP contribution in [0.25, 0.3) is 0 Å². The average Bonchev–Trinajstić information content (AvgIpc) is 3.38. The van der Waals surface area contributed by atoms with Gasteiger partial charge in [0, 0.05) is 25.3 Å². The summed E-state index contributed by atoms with van der Waals surface area (Å²) in [6.45, 7) is 5.85. The number of nitrogens with zero attached hydrogens (tertiary/aromatic N) is 1. The van der Waals surface area contributed by atoms with Gasteiger partial charge in [-0.25, -0.2) is 10.4 Å². The molecule has 3 saturated carbocycles. The maximum atomic E-state index is 6.74. The van der Waals surface area contributed by atoms with Crippen molar-refractivity contribution in [2.45, 2.75) is 147 Å². The van der Waals surface area contributed by atoms with E-state index in [0.717, 1.165) is 42.8 Å². The third-order valence-corrected chi connectivity index (χ3v) is 12.7. The van der Waals surface area contributed by atoms with Crippen LogP contribution in [-0.2, 0) is 9.47 Å². The number of hydrogen-bond acceptors (Lipinski definition) is 5. The maximum Gasteiger partial charge on any atom is 0.0751 e. The number of fused-ring (bicyclic) bond motifs is 8. The first kappa shape index (κ1) is 25.7. The van der Waals surface area contributed by atoms with Crippen molar-refractivity contribution in [3.05, 3.63) is 0 Å². The molecule has 11 unspecified atom stereocenters. The van der Waals surface area contributed by atoms with Gasteiger partial charge in [0.2, 0.25) is 0 Å². The Balaban J connectivity index is 1.15. The molecule has 7 aliphatic rings. The second kappa shape index (κ2) is 11.0. The lowest BCUT2D eigenvalue weighted by Crippen LogP contribution is -2.63. The summed E-state index contributed by atoms with van der Waals surface area (Å²) in [5.41, 5.74) is 4.62. The van der Waals surface area contributed by atoms with E-state index in [1.807, 2.05) is 0 Å². The van der Waals surface area contributed by atoms with E-state index in [9.17, 15) is 0 Å². The quantitative estimate of drug-likeness (QED) is 0.414. The minimum Gasteiger partial charge on any atom is -0.378 e. The predicted molar refractivity (Wildman–Crippen MR) is 148 cm³/mol. The van der Waals surface area contributed by atoms with Crippen LogP contribution in [0.15, 0.2) is 0 Å². The van der Waals surface area contributed by atoms with Gasteiger partial charge in [-0.2, -0.15) is 0 Å². The molecule has 6 bridgehead atoms. The third-order valence-electron chi connectivity index (χ3n) is 12.7. The van der Waals surface area contributed by atoms with Crippen LogP contribution in [0.1, 0.15) is 116 Å². The van der Waals surface area contributed by atoms with Gasteiger partial charge in [-0.05, 0) is 119 Å². The van der Waals surface area contributed by atoms with Crippen LogP contribution >= 0.6 is 0 Å². The first-order chi connectivity index (χ1) is 18.2. The molecule has 0 aromatic carbocycles. The van der Waals surface area contributed by atoms with Crippen molar-refractivity contribution in [3.63, 3.8) is 0 Å². The molecule has 210 valence electrons. The first-order valence-electron chi connectivity index (χ1n) is 16.7. The average molecular weight is 514 g/mol. The van der Waals surface area contributed by atoms with Crippen LogP contribution in [0, 0.1) is 35.0 Å². The highest BCUT2D eigenvalue weighted by Crippen LogP contribution is 2.52. The van der Waals surface area contributed by atoms with Gasteiger partial charge in [-0.3, -0.25) is 0 Å². The Morgan fingerprint density at radius 3 is 2.49 bits per heavy atom. The highest BCUT2D eigenvalue weighted by molar-refractivity contribution is 5.04. The second-order valence-corrected chi connectivity index (χ2v) is 14.7. The Hall–Kier alpha value is -0.200. The SMILES string of the molecule is CC12CCC3OCCC(CCCCOC4CCCCC4C4CCCC(C4)C4CC5NCCC1N5N4)C3C2. The molecule has 5 heteroatoms. The van der Waals surface area contributed by atoms with Crippen molar-refractivity contribution < 1.29 is 9.47 Å². The smallest absolute Gasteiger partial charge is 0.0751 e. The van der Waals surface area contributed by atoms with E-state index in [1.165, 1.54) is 116 Å². The Bertz CT molecular complexity index is 779. The maximum absolute atomic E-state index is 6.74. The first-order valence-corrected chi connectivity index (χ1v) is 16.7. The lowest BCUT2D eigenvalue weighted by Gasteiger charge is -2.54. The minimum atomic E-state index is 0.404. The molecule has 0 spiro atoms. The van der Waals surface area contributed by atoms with E-state index >= 15 is 0 Å². The molecule has 11 atom stereocenters. The summed E-state index contributed by atoms with van der Waals surface area (Å²) in [6, 6.07) is 1.33. The Morgan fingerprint density at radius 2 is 1.51 bits per heavy atom. The summed E-state index contributed by atoms with van der Waals surface area (Å²) >= 11 is 0. The molecule has 4 heterocycles. The molecule has 0 amide bonds. The normalized spacial score (nSPS) is 51.5. The monoisotopic (exact) mass is 513 g/mol. The largest absolute Gasteiger partial charge is 0.378 e. The van der Waals surface area contributed by atoms with Crippen LogP contribution in [0.3, 0.4) is 0 Å². The van der Waals surface area contributed by atoms with Crippen molar-refractivity contribution >= 4 is 0 Å². The lowest BCUT2D eigenvalue weighted by molar-refractivity contribution is -0.129. The zero-order valence-electron chi connectivity index (χ0n) is 23.7. The predicted octanol–water partition coefficient (Wildman–Crippen LogP) is 6.03. The minimum absolute atomic E-state index is 0.404. The Labute approximate surface area is 226 Å². The van der Waals surface area contributed by atoms with Crippen LogP contribution in [0.4, 0.5) is 0 Å². The number of rotatable bonds is 0. The molecule has 5 nitrogen and oxygen atoms in total. The van der Waals surface area contributed by atoms with Gasteiger partial charge in [0.25, 0.3) is 0 Å². The van der Waals surface area contributed by atoms with Crippen molar-refractivity contribution in [2.24, 2.45) is 35.0 Å². The van der Waals surface area contributed by atoms with Gasteiger partial charge in [-0.15, -0.1) is 0 Å². The molecule has 0 aromatic heterocycles. The van der Waals surface area contributed by atoms with Crippen LogP contribution in [-0.4, -0.2) is 55.2 Å². The molecule has 37 heavy (non-hydrogen) atoms. The van der Waals surface area contributed by atoms with Gasteiger partial charge in [0.15, 0.2) is 0 Å². The van der Waals surface area contributed by atoms with E-state index < -0.39 is 0 Å². The molecule has 7 fully saturated rings. The summed E-state index contributed by atoms with van der Waals surface area (Å²) in [5.74, 6) is 4.17. The van der Waals surface area contributed by atoms with Gasteiger partial charge >= 0.3 is 0 Å². The van der Waals surface area contributed by atoms with Gasteiger partial charge < -0.3 is 14.8 Å². The van der Waals surface area contributed by atoms with Crippen LogP contribution in [0.2, 0.25) is 0 Å². The molecular formula is C32H55N3O2. The molecule has 7 rings (SSSR count). The van der Waals surface area contributed by atoms with Crippen LogP contribution < -0.4 is 10.7 Å². The van der Waals surface area contributed by atoms with E-state index in [1.54, 1.807) is 0 Å². The summed E-state index contributed by atoms with van der Waals surface area (Å²) in [4.78, 5) is 0. The Morgan fingerprint density at radius 1 is 0.703 bits per heavy atom. The summed E-state index contributed by atoms with van der Waals surface area (Å²) in [6.07, 6.45) is 24.7. The van der Waals surface area contributed by atoms with Crippen molar-refractivity contribution in [2.75, 3.05) is 19.8 Å². The summed E-state index contributed by atoms with van der Waals surface area (Å²) in [5, 5.41) is 6.71. The molecule has 2 N–H and O–H groups in total. The molecule has 4 aliphatic heterocycles. The van der Waals surface area contributed by atoms with E-state index in [4.69, 9.17) is 9.47 Å². The second-order valence-electron chi connectivity index (χ2n) is 14.7. The van der Waals surface area contributed by atoms with E-state index in [2.05, 4.69) is 22.7 Å². The summed E-state index contributed by atoms with van der Waals surface area (Å²) in [7, 11) is 0. The zero-order chi connectivity index (χ0) is 24.8. The van der Waals surface area contributed by atoms with E-state index in [-0.39, 0.29) is 0 Å². The zero-order valence-corrected chi connectivity index (χ0v) is 23.7.